The Balaban J connectivity index is 1.93. The molecule has 0 spiro atoms. The lowest BCUT2D eigenvalue weighted by molar-refractivity contribution is 0.101. The first-order chi connectivity index (χ1) is 11.0. The number of nitrogens with zero attached hydrogens (tertiary/aromatic N) is 4. The minimum absolute atomic E-state index is 0.000914. The maximum absolute atomic E-state index is 11.8. The molecule has 0 radical (unpaired) electrons. The standard InChI is InChI=1S/C17H18N4OS/c1-10-7-5-6-8-14(10)9-23-17-19-16-18-11(2)15(13(4)22)12(3)21(16)20-17/h5-8H,9H2,1-4H3. The van der Waals surface area contributed by atoms with E-state index in [0.29, 0.717) is 22.2 Å². The van der Waals surface area contributed by atoms with Gasteiger partial charge in [-0.1, -0.05) is 36.0 Å². The lowest BCUT2D eigenvalue weighted by Gasteiger charge is -2.06. The summed E-state index contributed by atoms with van der Waals surface area (Å²) in [6.45, 7) is 7.36. The summed E-state index contributed by atoms with van der Waals surface area (Å²) in [5.74, 6) is 1.34. The van der Waals surface area contributed by atoms with Crippen molar-refractivity contribution in [3.8, 4) is 0 Å². The summed E-state index contributed by atoms with van der Waals surface area (Å²) in [4.78, 5) is 20.7. The molecule has 0 saturated heterocycles. The van der Waals surface area contributed by atoms with Gasteiger partial charge >= 0.3 is 0 Å². The fourth-order valence-electron chi connectivity index (χ4n) is 2.64. The number of ketones is 1. The molecule has 0 aliphatic rings. The maximum Gasteiger partial charge on any atom is 0.253 e. The van der Waals surface area contributed by atoms with E-state index >= 15 is 0 Å². The number of carbonyl (C=O) groups excluding carboxylic acids is 1. The molecular formula is C17H18N4OS. The van der Waals surface area contributed by atoms with E-state index in [-0.39, 0.29) is 5.78 Å². The summed E-state index contributed by atoms with van der Waals surface area (Å²) in [6, 6.07) is 8.28. The van der Waals surface area contributed by atoms with Crippen LogP contribution in [-0.4, -0.2) is 25.4 Å². The van der Waals surface area contributed by atoms with Crippen LogP contribution >= 0.6 is 11.8 Å². The number of Topliss-reactive ketones (excluding diaryl/α,β-unsaturated/α-hetero) is 1. The lowest BCUT2D eigenvalue weighted by Crippen LogP contribution is -2.09. The van der Waals surface area contributed by atoms with Crippen LogP contribution in [0.4, 0.5) is 0 Å². The molecular weight excluding hydrogens is 308 g/mol. The summed E-state index contributed by atoms with van der Waals surface area (Å²) in [7, 11) is 0. The van der Waals surface area contributed by atoms with E-state index in [2.05, 4.69) is 34.1 Å². The highest BCUT2D eigenvalue weighted by Gasteiger charge is 2.16. The van der Waals surface area contributed by atoms with Gasteiger partial charge in [-0.2, -0.15) is 9.50 Å². The SMILES string of the molecule is CC(=O)c1c(C)nc2nc(SCc3ccccc3C)nn2c1C. The number of carbonyl (C=O) groups is 1. The number of benzene rings is 1. The van der Waals surface area contributed by atoms with E-state index in [9.17, 15) is 4.79 Å². The van der Waals surface area contributed by atoms with Crippen LogP contribution in [0.1, 0.15) is 39.8 Å². The average molecular weight is 326 g/mol. The Labute approximate surface area is 139 Å². The molecule has 0 atom stereocenters. The summed E-state index contributed by atoms with van der Waals surface area (Å²) in [5.41, 5.74) is 4.63. The highest BCUT2D eigenvalue weighted by Crippen LogP contribution is 2.23. The fraction of sp³-hybridized carbons (Fsp3) is 0.294. The van der Waals surface area contributed by atoms with Crippen LogP contribution in [0.5, 0.6) is 0 Å². The molecule has 2 aromatic heterocycles. The Morgan fingerprint density at radius 3 is 2.61 bits per heavy atom. The van der Waals surface area contributed by atoms with Crippen LogP contribution in [0.25, 0.3) is 5.78 Å². The molecule has 0 unspecified atom stereocenters. The van der Waals surface area contributed by atoms with E-state index in [4.69, 9.17) is 0 Å². The molecule has 1 aromatic carbocycles. The molecule has 0 aliphatic carbocycles. The zero-order valence-electron chi connectivity index (χ0n) is 13.6. The Morgan fingerprint density at radius 1 is 1.17 bits per heavy atom. The minimum Gasteiger partial charge on any atom is -0.294 e. The second-order valence-corrected chi connectivity index (χ2v) is 6.48. The highest BCUT2D eigenvalue weighted by atomic mass is 32.2. The summed E-state index contributed by atoms with van der Waals surface area (Å²) in [5, 5.41) is 5.17. The molecule has 23 heavy (non-hydrogen) atoms. The largest absolute Gasteiger partial charge is 0.294 e. The molecule has 0 N–H and O–H groups in total. The van der Waals surface area contributed by atoms with Crippen LogP contribution in [0.2, 0.25) is 0 Å². The second-order valence-electron chi connectivity index (χ2n) is 5.54. The van der Waals surface area contributed by atoms with Crippen LogP contribution in [0.3, 0.4) is 0 Å². The Bertz CT molecular complexity index is 901. The van der Waals surface area contributed by atoms with Crippen molar-refractivity contribution in [1.29, 1.82) is 0 Å². The monoisotopic (exact) mass is 326 g/mol. The molecule has 118 valence electrons. The summed E-state index contributed by atoms with van der Waals surface area (Å²) < 4.78 is 1.66. The van der Waals surface area contributed by atoms with Gasteiger partial charge in [0.25, 0.3) is 5.78 Å². The molecule has 3 rings (SSSR count). The molecule has 3 aromatic rings. The number of hydrogen-bond acceptors (Lipinski definition) is 5. The lowest BCUT2D eigenvalue weighted by atomic mass is 10.1. The van der Waals surface area contributed by atoms with Crippen LogP contribution in [-0.2, 0) is 5.75 Å². The van der Waals surface area contributed by atoms with Crippen LogP contribution in [0.15, 0.2) is 29.4 Å². The Morgan fingerprint density at radius 2 is 1.91 bits per heavy atom. The van der Waals surface area contributed by atoms with E-state index in [1.807, 2.05) is 26.0 Å². The molecule has 5 nitrogen and oxygen atoms in total. The van der Waals surface area contributed by atoms with Gasteiger partial charge in [0.2, 0.25) is 5.16 Å². The van der Waals surface area contributed by atoms with E-state index < -0.39 is 0 Å². The first kappa shape index (κ1) is 15.7. The van der Waals surface area contributed by atoms with E-state index in [1.54, 1.807) is 23.2 Å². The van der Waals surface area contributed by atoms with Crippen molar-refractivity contribution in [3.63, 3.8) is 0 Å². The third-order valence-electron chi connectivity index (χ3n) is 3.85. The number of fused-ring (bicyclic) bond motifs is 1. The van der Waals surface area contributed by atoms with Crippen LogP contribution < -0.4 is 0 Å². The Kier molecular flexibility index (Phi) is 4.17. The number of hydrogen-bond donors (Lipinski definition) is 0. The van der Waals surface area contributed by atoms with Crippen molar-refractivity contribution in [2.75, 3.05) is 0 Å². The van der Waals surface area contributed by atoms with E-state index in [1.165, 1.54) is 11.1 Å². The molecule has 0 aliphatic heterocycles. The van der Waals surface area contributed by atoms with Gasteiger partial charge in [0.1, 0.15) is 0 Å². The first-order valence-electron chi connectivity index (χ1n) is 7.39. The average Bonchev–Trinajstić information content (AvgIpc) is 2.89. The highest BCUT2D eigenvalue weighted by molar-refractivity contribution is 7.98. The maximum atomic E-state index is 11.8. The quantitative estimate of drug-likeness (QED) is 0.542. The van der Waals surface area contributed by atoms with Crippen molar-refractivity contribution in [1.82, 2.24) is 19.6 Å². The summed E-state index contributed by atoms with van der Waals surface area (Å²) >= 11 is 1.57. The van der Waals surface area contributed by atoms with Crippen molar-refractivity contribution in [2.45, 2.75) is 38.6 Å². The molecule has 0 bridgehead atoms. The molecule has 0 saturated carbocycles. The number of rotatable bonds is 4. The van der Waals surface area contributed by atoms with Gasteiger partial charge < -0.3 is 0 Å². The Hall–Kier alpha value is -2.21. The van der Waals surface area contributed by atoms with Crippen molar-refractivity contribution in [3.05, 3.63) is 52.3 Å². The van der Waals surface area contributed by atoms with Crippen LogP contribution in [0, 0.1) is 20.8 Å². The van der Waals surface area contributed by atoms with Crippen molar-refractivity contribution in [2.24, 2.45) is 0 Å². The fourth-order valence-corrected chi connectivity index (χ4v) is 3.54. The third kappa shape index (κ3) is 2.99. The third-order valence-corrected chi connectivity index (χ3v) is 4.74. The van der Waals surface area contributed by atoms with Gasteiger partial charge in [-0.05, 0) is 38.8 Å². The zero-order chi connectivity index (χ0) is 16.6. The van der Waals surface area contributed by atoms with E-state index in [0.717, 1.165) is 11.4 Å². The zero-order valence-corrected chi connectivity index (χ0v) is 14.4. The van der Waals surface area contributed by atoms with Gasteiger partial charge in [-0.25, -0.2) is 4.98 Å². The second kappa shape index (κ2) is 6.12. The summed E-state index contributed by atoms with van der Waals surface area (Å²) in [6.07, 6.45) is 0. The molecule has 0 amide bonds. The normalized spacial score (nSPS) is 11.1. The topological polar surface area (TPSA) is 60.2 Å². The van der Waals surface area contributed by atoms with Gasteiger partial charge in [-0.15, -0.1) is 5.10 Å². The number of thioether (sulfide) groups is 1. The first-order valence-corrected chi connectivity index (χ1v) is 8.38. The smallest absolute Gasteiger partial charge is 0.253 e. The van der Waals surface area contributed by atoms with Crippen molar-refractivity contribution < 1.29 is 4.79 Å². The predicted molar refractivity (Wildman–Crippen MR) is 91.0 cm³/mol. The number of aromatic nitrogens is 4. The van der Waals surface area contributed by atoms with Gasteiger partial charge in [-0.3, -0.25) is 4.79 Å². The van der Waals surface area contributed by atoms with Crippen molar-refractivity contribution >= 4 is 23.3 Å². The molecule has 2 heterocycles. The minimum atomic E-state index is -0.000914. The number of aryl methyl sites for hydroxylation is 3. The predicted octanol–water partition coefficient (Wildman–Crippen LogP) is 3.54. The molecule has 0 fully saturated rings. The van der Waals surface area contributed by atoms with Gasteiger partial charge in [0.15, 0.2) is 5.78 Å². The van der Waals surface area contributed by atoms with Gasteiger partial charge in [0.05, 0.1) is 17.0 Å². The molecule has 6 heteroatoms. The van der Waals surface area contributed by atoms with Gasteiger partial charge in [0, 0.05) is 5.75 Å².